The number of carbonyl (C=O) groups is 1. The van der Waals surface area contributed by atoms with Gasteiger partial charge >= 0.3 is 0 Å². The van der Waals surface area contributed by atoms with E-state index in [1.165, 1.54) is 12.1 Å². The molecule has 1 N–H and O–H groups in total. The van der Waals surface area contributed by atoms with Crippen LogP contribution in [0.2, 0.25) is 0 Å². The van der Waals surface area contributed by atoms with Crippen LogP contribution in [0.1, 0.15) is 12.6 Å². The van der Waals surface area contributed by atoms with Crippen molar-refractivity contribution in [3.05, 3.63) is 60.0 Å². The number of hydrogen-bond acceptors (Lipinski definition) is 3. The monoisotopic (exact) mass is 337 g/mol. The Bertz CT molecular complexity index is 948. The summed E-state index contributed by atoms with van der Waals surface area (Å²) in [5, 5.41) is 7.42. The zero-order valence-corrected chi connectivity index (χ0v) is 13.6. The molecule has 0 unspecified atom stereocenters. The van der Waals surface area contributed by atoms with Crippen LogP contribution in [0.25, 0.3) is 16.9 Å². The number of carbonyl (C=O) groups excluding carboxylic acids is 1. The smallest absolute Gasteiger partial charge is 0.262 e. The lowest BCUT2D eigenvalue weighted by atomic mass is 10.1. The van der Waals surface area contributed by atoms with Crippen molar-refractivity contribution < 1.29 is 13.9 Å². The maximum absolute atomic E-state index is 13.2. The Morgan fingerprint density at radius 1 is 1.20 bits per heavy atom. The van der Waals surface area contributed by atoms with Crippen molar-refractivity contribution in [1.82, 2.24) is 9.78 Å². The van der Waals surface area contributed by atoms with Crippen LogP contribution in [0.15, 0.2) is 48.5 Å². The lowest BCUT2D eigenvalue weighted by Gasteiger charge is -2.18. The summed E-state index contributed by atoms with van der Waals surface area (Å²) in [6.07, 6.45) is 0.784. The molecule has 0 aliphatic carbocycles. The molecular formula is C19H16FN3O2. The van der Waals surface area contributed by atoms with Gasteiger partial charge in [-0.25, -0.2) is 9.07 Å². The van der Waals surface area contributed by atoms with Gasteiger partial charge in [0.1, 0.15) is 11.6 Å². The van der Waals surface area contributed by atoms with Crippen molar-refractivity contribution >= 4 is 11.6 Å². The summed E-state index contributed by atoms with van der Waals surface area (Å²) in [6.45, 7) is 2.06. The van der Waals surface area contributed by atoms with E-state index in [0.717, 1.165) is 29.1 Å². The lowest BCUT2D eigenvalue weighted by molar-refractivity contribution is -0.118. The molecule has 4 rings (SSSR count). The average molecular weight is 337 g/mol. The molecule has 0 bridgehead atoms. The number of amides is 1. The Kier molecular flexibility index (Phi) is 3.72. The molecule has 2 aromatic carbocycles. The highest BCUT2D eigenvalue weighted by Crippen LogP contribution is 2.33. The molecule has 0 radical (unpaired) electrons. The summed E-state index contributed by atoms with van der Waals surface area (Å²) in [7, 11) is 0. The molecule has 5 nitrogen and oxygen atoms in total. The van der Waals surface area contributed by atoms with Gasteiger partial charge in [0.25, 0.3) is 5.91 Å². The van der Waals surface area contributed by atoms with Gasteiger partial charge in [-0.2, -0.15) is 5.10 Å². The highest BCUT2D eigenvalue weighted by Gasteiger charge is 2.18. The fourth-order valence-corrected chi connectivity index (χ4v) is 2.83. The number of aromatic nitrogens is 2. The Hall–Kier alpha value is -3.15. The predicted molar refractivity (Wildman–Crippen MR) is 92.5 cm³/mol. The quantitative estimate of drug-likeness (QED) is 0.795. The zero-order chi connectivity index (χ0) is 17.4. The van der Waals surface area contributed by atoms with E-state index in [9.17, 15) is 9.18 Å². The number of rotatable bonds is 3. The lowest BCUT2D eigenvalue weighted by Crippen LogP contribution is -2.25. The molecule has 25 heavy (non-hydrogen) atoms. The summed E-state index contributed by atoms with van der Waals surface area (Å²) >= 11 is 0. The fraction of sp³-hybridized carbons (Fsp3) is 0.158. The summed E-state index contributed by atoms with van der Waals surface area (Å²) in [4.78, 5) is 11.6. The molecule has 126 valence electrons. The first-order chi connectivity index (χ1) is 12.1. The van der Waals surface area contributed by atoms with Gasteiger partial charge in [-0.1, -0.05) is 6.92 Å². The summed E-state index contributed by atoms with van der Waals surface area (Å²) in [5.41, 5.74) is 4.09. The minimum atomic E-state index is -0.290. The highest BCUT2D eigenvalue weighted by molar-refractivity contribution is 5.96. The van der Waals surface area contributed by atoms with E-state index < -0.39 is 0 Å². The van der Waals surface area contributed by atoms with Crippen molar-refractivity contribution in [2.45, 2.75) is 13.3 Å². The van der Waals surface area contributed by atoms with Gasteiger partial charge in [0.15, 0.2) is 6.61 Å². The average Bonchev–Trinajstić information content (AvgIpc) is 3.06. The number of fused-ring (bicyclic) bond motifs is 1. The summed E-state index contributed by atoms with van der Waals surface area (Å²) in [5.74, 6) is 0.180. The van der Waals surface area contributed by atoms with Gasteiger partial charge in [-0.3, -0.25) is 4.79 Å². The van der Waals surface area contributed by atoms with Crippen molar-refractivity contribution in [2.75, 3.05) is 11.9 Å². The first-order valence-corrected chi connectivity index (χ1v) is 8.06. The number of anilines is 1. The first-order valence-electron chi connectivity index (χ1n) is 8.06. The standard InChI is InChI=1S/C19H16FN3O2/c1-2-14-10-17(23(22-14)15-6-4-13(20)5-7-15)12-3-8-18-16(9-12)21-19(24)11-25-18/h3-10H,2,11H2,1H3,(H,21,24). The number of benzene rings is 2. The summed E-state index contributed by atoms with van der Waals surface area (Å²) < 4.78 is 20.4. The maximum Gasteiger partial charge on any atom is 0.262 e. The Morgan fingerprint density at radius 3 is 2.76 bits per heavy atom. The van der Waals surface area contributed by atoms with E-state index >= 15 is 0 Å². The van der Waals surface area contributed by atoms with Crippen LogP contribution in [-0.2, 0) is 11.2 Å². The van der Waals surface area contributed by atoms with Crippen LogP contribution in [0, 0.1) is 5.82 Å². The van der Waals surface area contributed by atoms with E-state index in [4.69, 9.17) is 4.74 Å². The largest absolute Gasteiger partial charge is 0.482 e. The second kappa shape index (κ2) is 6.05. The molecule has 0 fully saturated rings. The Balaban J connectivity index is 1.82. The van der Waals surface area contributed by atoms with Gasteiger partial charge in [-0.15, -0.1) is 0 Å². The van der Waals surface area contributed by atoms with E-state index in [0.29, 0.717) is 11.4 Å². The van der Waals surface area contributed by atoms with Crippen LogP contribution in [-0.4, -0.2) is 22.3 Å². The van der Waals surface area contributed by atoms with E-state index in [1.807, 2.05) is 31.2 Å². The topological polar surface area (TPSA) is 56.1 Å². The fourth-order valence-electron chi connectivity index (χ4n) is 2.83. The minimum Gasteiger partial charge on any atom is -0.482 e. The van der Waals surface area contributed by atoms with Crippen LogP contribution < -0.4 is 10.1 Å². The molecule has 0 spiro atoms. The highest BCUT2D eigenvalue weighted by atomic mass is 19.1. The third kappa shape index (κ3) is 2.87. The van der Waals surface area contributed by atoms with Crippen LogP contribution >= 0.6 is 0 Å². The van der Waals surface area contributed by atoms with Gasteiger partial charge < -0.3 is 10.1 Å². The van der Waals surface area contributed by atoms with Crippen molar-refractivity contribution in [2.24, 2.45) is 0 Å². The minimum absolute atomic E-state index is 0.0276. The number of ether oxygens (including phenoxy) is 1. The van der Waals surface area contributed by atoms with Crippen molar-refractivity contribution in [1.29, 1.82) is 0 Å². The number of aryl methyl sites for hydroxylation is 1. The number of halogens is 1. The van der Waals surface area contributed by atoms with Crippen molar-refractivity contribution in [3.8, 4) is 22.7 Å². The van der Waals surface area contributed by atoms with Gasteiger partial charge in [0, 0.05) is 5.56 Å². The summed E-state index contributed by atoms with van der Waals surface area (Å²) in [6, 6.07) is 13.8. The Labute approximate surface area is 144 Å². The van der Waals surface area contributed by atoms with Crippen LogP contribution in [0.5, 0.6) is 5.75 Å². The van der Waals surface area contributed by atoms with Crippen LogP contribution in [0.4, 0.5) is 10.1 Å². The second-order valence-corrected chi connectivity index (χ2v) is 5.81. The second-order valence-electron chi connectivity index (χ2n) is 5.81. The molecule has 0 saturated carbocycles. The SMILES string of the molecule is CCc1cc(-c2ccc3c(c2)NC(=O)CO3)n(-c2ccc(F)cc2)n1. The van der Waals surface area contributed by atoms with Gasteiger partial charge in [-0.05, 0) is 55.0 Å². The first kappa shape index (κ1) is 15.4. The molecule has 3 aromatic rings. The molecule has 6 heteroatoms. The number of nitrogens with one attached hydrogen (secondary N) is 1. The molecule has 0 saturated heterocycles. The molecule has 1 aromatic heterocycles. The molecule has 1 aliphatic heterocycles. The molecule has 1 aliphatic rings. The number of hydrogen-bond donors (Lipinski definition) is 1. The van der Waals surface area contributed by atoms with E-state index in [-0.39, 0.29) is 18.3 Å². The third-order valence-electron chi connectivity index (χ3n) is 4.10. The van der Waals surface area contributed by atoms with Gasteiger partial charge in [0.2, 0.25) is 0 Å². The molecule has 1 amide bonds. The third-order valence-corrected chi connectivity index (χ3v) is 4.10. The molecule has 2 heterocycles. The van der Waals surface area contributed by atoms with Gasteiger partial charge in [0.05, 0.1) is 22.8 Å². The van der Waals surface area contributed by atoms with E-state index in [1.54, 1.807) is 16.8 Å². The zero-order valence-electron chi connectivity index (χ0n) is 13.6. The molecular weight excluding hydrogens is 321 g/mol. The molecule has 0 atom stereocenters. The predicted octanol–water partition coefficient (Wildman–Crippen LogP) is 3.57. The van der Waals surface area contributed by atoms with Crippen molar-refractivity contribution in [3.63, 3.8) is 0 Å². The number of nitrogens with zero attached hydrogens (tertiary/aromatic N) is 2. The maximum atomic E-state index is 13.2. The Morgan fingerprint density at radius 2 is 2.00 bits per heavy atom. The normalized spacial score (nSPS) is 13.1. The van der Waals surface area contributed by atoms with Crippen LogP contribution in [0.3, 0.4) is 0 Å². The van der Waals surface area contributed by atoms with E-state index in [2.05, 4.69) is 10.4 Å².